The number of ether oxygens (including phenoxy) is 1. The van der Waals surface area contributed by atoms with Crippen LogP contribution in [0.1, 0.15) is 13.8 Å². The van der Waals surface area contributed by atoms with Crippen LogP contribution in [0, 0.1) is 11.7 Å². The Balaban J connectivity index is 1.84. The number of carbonyl (C=O) groups is 1. The summed E-state index contributed by atoms with van der Waals surface area (Å²) in [6.45, 7) is 4.93. The van der Waals surface area contributed by atoms with Gasteiger partial charge in [0.1, 0.15) is 11.6 Å². The van der Waals surface area contributed by atoms with Gasteiger partial charge in [-0.3, -0.25) is 4.79 Å². The van der Waals surface area contributed by atoms with Crippen molar-refractivity contribution >= 4 is 17.3 Å². The minimum Gasteiger partial charge on any atom is -0.493 e. The fraction of sp³-hybridized carbons (Fsp3) is 0.278. The fourth-order valence-electron chi connectivity index (χ4n) is 1.88. The maximum absolute atomic E-state index is 12.8. The van der Waals surface area contributed by atoms with Gasteiger partial charge in [0.25, 0.3) is 0 Å². The molecule has 1 amide bonds. The van der Waals surface area contributed by atoms with Crippen LogP contribution in [-0.2, 0) is 4.79 Å². The molecule has 0 saturated carbocycles. The van der Waals surface area contributed by atoms with Gasteiger partial charge in [0, 0.05) is 17.4 Å². The molecule has 0 radical (unpaired) electrons. The first-order valence-electron chi connectivity index (χ1n) is 7.55. The molecule has 2 aromatic rings. The van der Waals surface area contributed by atoms with Crippen molar-refractivity contribution < 1.29 is 13.9 Å². The zero-order valence-electron chi connectivity index (χ0n) is 13.3. The number of benzene rings is 2. The van der Waals surface area contributed by atoms with Gasteiger partial charge in [-0.1, -0.05) is 19.9 Å². The molecule has 2 aromatic carbocycles. The first kappa shape index (κ1) is 16.8. The molecule has 0 unspecified atom stereocenters. The Kier molecular flexibility index (Phi) is 5.97. The van der Waals surface area contributed by atoms with Crippen LogP contribution in [0.3, 0.4) is 0 Å². The maximum atomic E-state index is 12.8. The van der Waals surface area contributed by atoms with E-state index in [1.807, 2.05) is 24.3 Å². The molecule has 23 heavy (non-hydrogen) atoms. The molecule has 0 atom stereocenters. The lowest BCUT2D eigenvalue weighted by Gasteiger charge is -2.11. The van der Waals surface area contributed by atoms with Gasteiger partial charge >= 0.3 is 0 Å². The number of rotatable bonds is 7. The van der Waals surface area contributed by atoms with Crippen LogP contribution in [0.2, 0.25) is 0 Å². The van der Waals surface area contributed by atoms with Crippen LogP contribution < -0.4 is 15.4 Å². The standard InChI is InChI=1S/C18H21FN2O2/c1-13(2)12-23-17-5-3-4-16(10-17)20-11-18(22)21-15-8-6-14(19)7-9-15/h3-10,13,20H,11-12H2,1-2H3,(H,21,22). The molecule has 0 aliphatic rings. The summed E-state index contributed by atoms with van der Waals surface area (Å²) in [5, 5.41) is 5.73. The maximum Gasteiger partial charge on any atom is 0.243 e. The Hall–Kier alpha value is -2.56. The molecule has 0 heterocycles. The van der Waals surface area contributed by atoms with E-state index in [2.05, 4.69) is 24.5 Å². The highest BCUT2D eigenvalue weighted by molar-refractivity contribution is 5.93. The van der Waals surface area contributed by atoms with Gasteiger partial charge < -0.3 is 15.4 Å². The number of amides is 1. The molecule has 0 saturated heterocycles. The molecule has 4 nitrogen and oxygen atoms in total. The number of halogens is 1. The zero-order chi connectivity index (χ0) is 16.7. The number of anilines is 2. The van der Waals surface area contributed by atoms with Crippen LogP contribution in [0.4, 0.5) is 15.8 Å². The lowest BCUT2D eigenvalue weighted by Crippen LogP contribution is -2.21. The van der Waals surface area contributed by atoms with E-state index in [1.54, 1.807) is 0 Å². The van der Waals surface area contributed by atoms with Crippen molar-refractivity contribution in [2.24, 2.45) is 5.92 Å². The van der Waals surface area contributed by atoms with Crippen molar-refractivity contribution in [1.82, 2.24) is 0 Å². The van der Waals surface area contributed by atoms with Crippen molar-refractivity contribution in [3.63, 3.8) is 0 Å². The van der Waals surface area contributed by atoms with E-state index in [0.29, 0.717) is 18.2 Å². The van der Waals surface area contributed by atoms with E-state index in [-0.39, 0.29) is 18.3 Å². The van der Waals surface area contributed by atoms with Gasteiger partial charge in [-0.05, 0) is 42.3 Å². The molecular formula is C18H21FN2O2. The van der Waals surface area contributed by atoms with Gasteiger partial charge in [-0.15, -0.1) is 0 Å². The van der Waals surface area contributed by atoms with Gasteiger partial charge in [0.2, 0.25) is 5.91 Å². The van der Waals surface area contributed by atoms with Gasteiger partial charge in [-0.2, -0.15) is 0 Å². The summed E-state index contributed by atoms with van der Waals surface area (Å²) in [6, 6.07) is 13.1. The number of carbonyl (C=O) groups excluding carboxylic acids is 1. The minimum atomic E-state index is -0.334. The third-order valence-electron chi connectivity index (χ3n) is 3.00. The summed E-state index contributed by atoms with van der Waals surface area (Å²) in [5.41, 5.74) is 1.37. The van der Waals surface area contributed by atoms with Crippen LogP contribution >= 0.6 is 0 Å². The van der Waals surface area contributed by atoms with Crippen LogP contribution in [0.5, 0.6) is 5.75 Å². The van der Waals surface area contributed by atoms with E-state index in [0.717, 1.165) is 11.4 Å². The highest BCUT2D eigenvalue weighted by atomic mass is 19.1. The summed E-state index contributed by atoms with van der Waals surface area (Å²) in [4.78, 5) is 11.9. The van der Waals surface area contributed by atoms with Crippen molar-refractivity contribution in [3.05, 3.63) is 54.3 Å². The lowest BCUT2D eigenvalue weighted by molar-refractivity contribution is -0.114. The average Bonchev–Trinajstić information content (AvgIpc) is 2.54. The van der Waals surface area contributed by atoms with Crippen molar-refractivity contribution in [1.29, 1.82) is 0 Å². The molecule has 0 bridgehead atoms. The van der Waals surface area contributed by atoms with Gasteiger partial charge in [0.15, 0.2) is 0 Å². The summed E-state index contributed by atoms with van der Waals surface area (Å²) in [7, 11) is 0. The SMILES string of the molecule is CC(C)COc1cccc(NCC(=O)Nc2ccc(F)cc2)c1. The molecule has 122 valence electrons. The summed E-state index contributed by atoms with van der Waals surface area (Å²) in [6.07, 6.45) is 0. The lowest BCUT2D eigenvalue weighted by atomic mass is 10.2. The monoisotopic (exact) mass is 316 g/mol. The Morgan fingerprint density at radius 1 is 1.13 bits per heavy atom. The first-order chi connectivity index (χ1) is 11.0. The van der Waals surface area contributed by atoms with Crippen LogP contribution in [0.15, 0.2) is 48.5 Å². The third-order valence-corrected chi connectivity index (χ3v) is 3.00. The highest BCUT2D eigenvalue weighted by Gasteiger charge is 2.04. The smallest absolute Gasteiger partial charge is 0.243 e. The first-order valence-corrected chi connectivity index (χ1v) is 7.55. The van der Waals surface area contributed by atoms with E-state index in [4.69, 9.17) is 4.74 Å². The Bertz CT molecular complexity index is 642. The Morgan fingerprint density at radius 3 is 2.57 bits per heavy atom. The molecule has 0 aliphatic carbocycles. The average molecular weight is 316 g/mol. The molecule has 0 fully saturated rings. The van der Waals surface area contributed by atoms with Crippen LogP contribution in [0.25, 0.3) is 0 Å². The second kappa shape index (κ2) is 8.17. The fourth-order valence-corrected chi connectivity index (χ4v) is 1.88. The number of nitrogens with one attached hydrogen (secondary N) is 2. The molecule has 5 heteroatoms. The minimum absolute atomic E-state index is 0.116. The van der Waals surface area contributed by atoms with E-state index >= 15 is 0 Å². The highest BCUT2D eigenvalue weighted by Crippen LogP contribution is 2.18. The largest absolute Gasteiger partial charge is 0.493 e. The summed E-state index contributed by atoms with van der Waals surface area (Å²) in [5.74, 6) is 0.681. The van der Waals surface area contributed by atoms with Crippen molar-refractivity contribution in [2.45, 2.75) is 13.8 Å². The van der Waals surface area contributed by atoms with Crippen molar-refractivity contribution in [2.75, 3.05) is 23.8 Å². The molecule has 0 aliphatic heterocycles. The van der Waals surface area contributed by atoms with Crippen LogP contribution in [-0.4, -0.2) is 19.1 Å². The van der Waals surface area contributed by atoms with Gasteiger partial charge in [0.05, 0.1) is 13.2 Å². The predicted octanol–water partition coefficient (Wildman–Crippen LogP) is 3.91. The summed E-state index contributed by atoms with van der Waals surface area (Å²) < 4.78 is 18.5. The van der Waals surface area contributed by atoms with Gasteiger partial charge in [-0.25, -0.2) is 4.39 Å². The second-order valence-corrected chi connectivity index (χ2v) is 5.64. The molecular weight excluding hydrogens is 295 g/mol. The molecule has 2 rings (SSSR count). The van der Waals surface area contributed by atoms with E-state index < -0.39 is 0 Å². The Morgan fingerprint density at radius 2 is 1.87 bits per heavy atom. The normalized spacial score (nSPS) is 10.4. The molecule has 0 spiro atoms. The van der Waals surface area contributed by atoms with E-state index in [1.165, 1.54) is 24.3 Å². The zero-order valence-corrected chi connectivity index (χ0v) is 13.3. The quantitative estimate of drug-likeness (QED) is 0.814. The van der Waals surface area contributed by atoms with E-state index in [9.17, 15) is 9.18 Å². The topological polar surface area (TPSA) is 50.4 Å². The van der Waals surface area contributed by atoms with Crippen molar-refractivity contribution in [3.8, 4) is 5.75 Å². The Labute approximate surface area is 135 Å². The molecule has 0 aromatic heterocycles. The summed E-state index contributed by atoms with van der Waals surface area (Å²) >= 11 is 0. The second-order valence-electron chi connectivity index (χ2n) is 5.64. The third kappa shape index (κ3) is 5.98. The predicted molar refractivity (Wildman–Crippen MR) is 90.3 cm³/mol. The molecule has 2 N–H and O–H groups in total. The number of hydrogen-bond donors (Lipinski definition) is 2. The number of hydrogen-bond acceptors (Lipinski definition) is 3.